The molecule has 2 aliphatic heterocycles. The molecule has 7 heteroatoms. The highest BCUT2D eigenvalue weighted by atomic mass is 35.5. The van der Waals surface area contributed by atoms with Crippen LogP contribution in [0, 0.1) is 5.82 Å². The van der Waals surface area contributed by atoms with Crippen LogP contribution >= 0.6 is 11.6 Å². The van der Waals surface area contributed by atoms with Crippen molar-refractivity contribution in [3.8, 4) is 0 Å². The minimum atomic E-state index is -0.355. The van der Waals surface area contributed by atoms with E-state index in [4.69, 9.17) is 11.6 Å². The topological polar surface area (TPSA) is 52.7 Å². The molecule has 24 heavy (non-hydrogen) atoms. The fourth-order valence-corrected chi connectivity index (χ4v) is 3.60. The van der Waals surface area contributed by atoms with E-state index in [1.165, 1.54) is 12.1 Å². The molecule has 1 aromatic rings. The van der Waals surface area contributed by atoms with E-state index in [-0.39, 0.29) is 23.7 Å². The molecule has 2 fully saturated rings. The van der Waals surface area contributed by atoms with Gasteiger partial charge in [0.05, 0.1) is 10.7 Å². The Bertz CT molecular complexity index is 632. The minimum Gasteiger partial charge on any atom is -0.367 e. The summed E-state index contributed by atoms with van der Waals surface area (Å²) in [6.45, 7) is 2.53. The molecule has 2 amide bonds. The van der Waals surface area contributed by atoms with Crippen molar-refractivity contribution in [2.45, 2.75) is 31.7 Å². The van der Waals surface area contributed by atoms with E-state index in [0.29, 0.717) is 44.0 Å². The van der Waals surface area contributed by atoms with Gasteiger partial charge in [0.2, 0.25) is 11.8 Å². The van der Waals surface area contributed by atoms with E-state index >= 15 is 0 Å². The first-order valence-electron chi connectivity index (χ1n) is 8.30. The van der Waals surface area contributed by atoms with Crippen molar-refractivity contribution in [3.05, 3.63) is 29.0 Å². The van der Waals surface area contributed by atoms with E-state index in [2.05, 4.69) is 10.2 Å². The maximum Gasteiger partial charge on any atom is 0.224 e. The highest BCUT2D eigenvalue weighted by Crippen LogP contribution is 2.27. The van der Waals surface area contributed by atoms with Gasteiger partial charge in [-0.1, -0.05) is 11.6 Å². The van der Waals surface area contributed by atoms with Crippen LogP contribution < -0.4 is 10.2 Å². The second kappa shape index (κ2) is 7.38. The molecule has 1 atom stereocenters. The zero-order chi connectivity index (χ0) is 17.1. The molecular weight excluding hydrogens is 333 g/mol. The quantitative estimate of drug-likeness (QED) is 0.906. The molecule has 0 aliphatic carbocycles. The summed E-state index contributed by atoms with van der Waals surface area (Å²) in [6, 6.07) is 4.33. The van der Waals surface area contributed by atoms with Gasteiger partial charge in [0.1, 0.15) is 5.82 Å². The SMILES string of the molecule is O=C1CCCC(CC(=O)N2CCN(c3ccc(F)cc3Cl)CC2)N1. The number of carbonyl (C=O) groups excluding carboxylic acids is 2. The van der Waals surface area contributed by atoms with Crippen molar-refractivity contribution >= 4 is 29.1 Å². The highest BCUT2D eigenvalue weighted by molar-refractivity contribution is 6.33. The van der Waals surface area contributed by atoms with Crippen LogP contribution in [0.25, 0.3) is 0 Å². The Balaban J connectivity index is 1.52. The lowest BCUT2D eigenvalue weighted by Gasteiger charge is -2.37. The number of halogens is 2. The molecule has 2 saturated heterocycles. The smallest absolute Gasteiger partial charge is 0.224 e. The third-order valence-corrected chi connectivity index (χ3v) is 4.93. The Hall–Kier alpha value is -1.82. The van der Waals surface area contributed by atoms with E-state index < -0.39 is 0 Å². The predicted octanol–water partition coefficient (Wildman–Crippen LogP) is 2.19. The summed E-state index contributed by atoms with van der Waals surface area (Å²) in [4.78, 5) is 27.7. The molecule has 2 aliphatic rings. The van der Waals surface area contributed by atoms with Crippen molar-refractivity contribution in [1.82, 2.24) is 10.2 Å². The van der Waals surface area contributed by atoms with Gasteiger partial charge in [-0.2, -0.15) is 0 Å². The fraction of sp³-hybridized carbons (Fsp3) is 0.529. The summed E-state index contributed by atoms with van der Waals surface area (Å²) in [5.74, 6) is -0.242. The summed E-state index contributed by atoms with van der Waals surface area (Å²) in [6.07, 6.45) is 2.63. The Morgan fingerprint density at radius 1 is 1.29 bits per heavy atom. The molecule has 1 N–H and O–H groups in total. The van der Waals surface area contributed by atoms with Crippen molar-refractivity contribution in [3.63, 3.8) is 0 Å². The predicted molar refractivity (Wildman–Crippen MR) is 90.6 cm³/mol. The summed E-state index contributed by atoms with van der Waals surface area (Å²) < 4.78 is 13.1. The van der Waals surface area contributed by atoms with Crippen LogP contribution in [-0.2, 0) is 9.59 Å². The largest absolute Gasteiger partial charge is 0.367 e. The van der Waals surface area contributed by atoms with Gasteiger partial charge in [-0.3, -0.25) is 9.59 Å². The third-order valence-electron chi connectivity index (χ3n) is 4.63. The normalized spacial score (nSPS) is 21.6. The monoisotopic (exact) mass is 353 g/mol. The fourth-order valence-electron chi connectivity index (χ4n) is 3.31. The van der Waals surface area contributed by atoms with Crippen molar-refractivity contribution < 1.29 is 14.0 Å². The van der Waals surface area contributed by atoms with Crippen LogP contribution in [0.4, 0.5) is 10.1 Å². The van der Waals surface area contributed by atoms with Gasteiger partial charge in [-0.25, -0.2) is 4.39 Å². The van der Waals surface area contributed by atoms with Gasteiger partial charge >= 0.3 is 0 Å². The van der Waals surface area contributed by atoms with Gasteiger partial charge in [-0.05, 0) is 31.0 Å². The first kappa shape index (κ1) is 17.0. The number of nitrogens with zero attached hydrogens (tertiary/aromatic N) is 2. The lowest BCUT2D eigenvalue weighted by Crippen LogP contribution is -2.50. The average Bonchev–Trinajstić information content (AvgIpc) is 2.55. The third kappa shape index (κ3) is 3.98. The van der Waals surface area contributed by atoms with E-state index in [1.54, 1.807) is 6.07 Å². The number of hydrogen-bond donors (Lipinski definition) is 1. The highest BCUT2D eigenvalue weighted by Gasteiger charge is 2.26. The van der Waals surface area contributed by atoms with Gasteiger partial charge in [-0.15, -0.1) is 0 Å². The Kier molecular flexibility index (Phi) is 5.23. The van der Waals surface area contributed by atoms with E-state index in [1.807, 2.05) is 4.90 Å². The van der Waals surface area contributed by atoms with Crippen LogP contribution in [0.2, 0.25) is 5.02 Å². The van der Waals surface area contributed by atoms with Gasteiger partial charge in [0, 0.05) is 45.1 Å². The number of amides is 2. The van der Waals surface area contributed by atoms with Crippen molar-refractivity contribution in [1.29, 1.82) is 0 Å². The molecule has 0 aromatic heterocycles. The van der Waals surface area contributed by atoms with E-state index in [9.17, 15) is 14.0 Å². The number of piperazine rings is 1. The second-order valence-electron chi connectivity index (χ2n) is 6.32. The summed E-state index contributed by atoms with van der Waals surface area (Å²) >= 11 is 6.10. The van der Waals surface area contributed by atoms with Crippen LogP contribution in [0.1, 0.15) is 25.7 Å². The zero-order valence-corrected chi connectivity index (χ0v) is 14.2. The molecule has 3 rings (SSSR count). The van der Waals surface area contributed by atoms with Crippen molar-refractivity contribution in [2.24, 2.45) is 0 Å². The lowest BCUT2D eigenvalue weighted by molar-refractivity contribution is -0.132. The molecule has 1 unspecified atom stereocenters. The number of carbonyl (C=O) groups is 2. The zero-order valence-electron chi connectivity index (χ0n) is 13.4. The molecule has 5 nitrogen and oxygen atoms in total. The second-order valence-corrected chi connectivity index (χ2v) is 6.73. The molecule has 0 radical (unpaired) electrons. The number of benzene rings is 1. The molecule has 0 bridgehead atoms. The molecule has 0 saturated carbocycles. The summed E-state index contributed by atoms with van der Waals surface area (Å²) in [5.41, 5.74) is 0.796. The summed E-state index contributed by atoms with van der Waals surface area (Å²) in [7, 11) is 0. The number of nitrogens with one attached hydrogen (secondary N) is 1. The lowest BCUT2D eigenvalue weighted by atomic mass is 10.0. The van der Waals surface area contributed by atoms with Gasteiger partial charge in [0.15, 0.2) is 0 Å². The molecular formula is C17H21ClFN3O2. The van der Waals surface area contributed by atoms with Gasteiger partial charge < -0.3 is 15.1 Å². The molecule has 130 valence electrons. The number of piperidine rings is 1. The van der Waals surface area contributed by atoms with Crippen LogP contribution in [-0.4, -0.2) is 48.9 Å². The molecule has 0 spiro atoms. The summed E-state index contributed by atoms with van der Waals surface area (Å²) in [5, 5.41) is 3.27. The first-order chi connectivity index (χ1) is 11.5. The number of hydrogen-bond acceptors (Lipinski definition) is 3. The maximum absolute atomic E-state index is 13.1. The van der Waals surface area contributed by atoms with Crippen molar-refractivity contribution in [2.75, 3.05) is 31.1 Å². The standard InChI is InChI=1S/C17H21ClFN3O2/c18-14-10-12(19)4-5-15(14)21-6-8-22(9-7-21)17(24)11-13-2-1-3-16(23)20-13/h4-5,10,13H,1-3,6-9,11H2,(H,20,23). The Morgan fingerprint density at radius 2 is 2.04 bits per heavy atom. The minimum absolute atomic E-state index is 0.0369. The Morgan fingerprint density at radius 3 is 2.71 bits per heavy atom. The molecule has 2 heterocycles. The Labute approximate surface area is 145 Å². The first-order valence-corrected chi connectivity index (χ1v) is 8.68. The molecule has 1 aromatic carbocycles. The maximum atomic E-state index is 13.1. The average molecular weight is 354 g/mol. The van der Waals surface area contributed by atoms with Crippen LogP contribution in [0.15, 0.2) is 18.2 Å². The number of anilines is 1. The van der Waals surface area contributed by atoms with E-state index in [0.717, 1.165) is 18.5 Å². The number of rotatable bonds is 3. The van der Waals surface area contributed by atoms with Gasteiger partial charge in [0.25, 0.3) is 0 Å². The van der Waals surface area contributed by atoms with Crippen LogP contribution in [0.3, 0.4) is 0 Å². The van der Waals surface area contributed by atoms with Crippen LogP contribution in [0.5, 0.6) is 0 Å².